The Kier molecular flexibility index (Phi) is 9.03. The summed E-state index contributed by atoms with van der Waals surface area (Å²) >= 11 is 0. The molecule has 4 atom stereocenters. The average molecular weight is 640 g/mol. The van der Waals surface area contributed by atoms with Gasteiger partial charge in [-0.25, -0.2) is 4.98 Å². The second kappa shape index (κ2) is 13.7. The Balaban J connectivity index is 0.940. The highest BCUT2D eigenvalue weighted by atomic mass is 16.4. The second-order valence-corrected chi connectivity index (χ2v) is 12.8. The van der Waals surface area contributed by atoms with E-state index in [0.717, 1.165) is 62.7 Å². The Morgan fingerprint density at radius 2 is 1.15 bits per heavy atom. The number of nitrogens with zero attached hydrogens (tertiary/aromatic N) is 3. The first kappa shape index (κ1) is 31.1. The van der Waals surface area contributed by atoms with Gasteiger partial charge in [-0.2, -0.15) is 0 Å². The molecule has 1 aromatic heterocycles. The highest BCUT2D eigenvalue weighted by molar-refractivity contribution is 5.99. The molecule has 2 unspecified atom stereocenters. The SMILES string of the molecule is O=C(Nc1ccc(-c2cnc(-c3ccc(NC(=O)C4CCCN4C(=O)[C@@H]4CCCN4)cc3)o2)cc1)C1CCCN1C(=O)[C@@H]1CCCN1. The Morgan fingerprint density at radius 1 is 0.660 bits per heavy atom. The molecule has 4 N–H and O–H groups in total. The monoisotopic (exact) mass is 639 g/mol. The summed E-state index contributed by atoms with van der Waals surface area (Å²) < 4.78 is 6.05. The van der Waals surface area contributed by atoms with Crippen molar-refractivity contribution in [1.82, 2.24) is 25.4 Å². The maximum atomic E-state index is 13.1. The number of hydrogen-bond acceptors (Lipinski definition) is 8. The van der Waals surface area contributed by atoms with E-state index in [1.807, 2.05) is 36.4 Å². The van der Waals surface area contributed by atoms with Gasteiger partial charge in [0.25, 0.3) is 0 Å². The van der Waals surface area contributed by atoms with E-state index in [2.05, 4.69) is 26.3 Å². The Hall–Kier alpha value is -4.55. The molecule has 5 heterocycles. The van der Waals surface area contributed by atoms with Crippen molar-refractivity contribution in [2.45, 2.75) is 75.5 Å². The third kappa shape index (κ3) is 6.66. The van der Waals surface area contributed by atoms with Gasteiger partial charge < -0.3 is 35.5 Å². The molecule has 4 saturated heterocycles. The molecule has 0 radical (unpaired) electrons. The van der Waals surface area contributed by atoms with Crippen LogP contribution in [0.15, 0.2) is 59.1 Å². The van der Waals surface area contributed by atoms with E-state index >= 15 is 0 Å². The van der Waals surface area contributed by atoms with Crippen LogP contribution in [0, 0.1) is 0 Å². The van der Waals surface area contributed by atoms with Gasteiger partial charge in [0.2, 0.25) is 29.5 Å². The Labute approximate surface area is 273 Å². The van der Waals surface area contributed by atoms with Crippen molar-refractivity contribution in [2.75, 3.05) is 36.8 Å². The van der Waals surface area contributed by atoms with E-state index in [1.54, 1.807) is 28.1 Å². The lowest BCUT2D eigenvalue weighted by molar-refractivity contribution is -0.138. The first-order valence-corrected chi connectivity index (χ1v) is 16.8. The fraction of sp³-hybridized carbons (Fsp3) is 0.457. The number of anilines is 2. The number of nitrogens with one attached hydrogen (secondary N) is 4. The second-order valence-electron chi connectivity index (χ2n) is 12.8. The summed E-state index contributed by atoms with van der Waals surface area (Å²) in [6, 6.07) is 13.3. The predicted molar refractivity (Wildman–Crippen MR) is 176 cm³/mol. The molecule has 12 nitrogen and oxygen atoms in total. The zero-order valence-corrected chi connectivity index (χ0v) is 26.4. The van der Waals surface area contributed by atoms with Crippen molar-refractivity contribution in [3.63, 3.8) is 0 Å². The molecule has 0 aliphatic carbocycles. The third-order valence-corrected chi connectivity index (χ3v) is 9.74. The van der Waals surface area contributed by atoms with Gasteiger partial charge >= 0.3 is 0 Å². The van der Waals surface area contributed by atoms with Crippen LogP contribution in [-0.2, 0) is 19.2 Å². The van der Waals surface area contributed by atoms with Gasteiger partial charge in [0.05, 0.1) is 18.3 Å². The number of amides is 4. The molecule has 0 saturated carbocycles. The number of carbonyl (C=O) groups is 4. The number of hydrogen-bond donors (Lipinski definition) is 4. The number of oxazole rings is 1. The van der Waals surface area contributed by atoms with Crippen LogP contribution in [0.5, 0.6) is 0 Å². The molecule has 7 rings (SSSR count). The van der Waals surface area contributed by atoms with E-state index in [1.165, 1.54) is 0 Å². The van der Waals surface area contributed by atoms with Gasteiger partial charge in [-0.15, -0.1) is 0 Å². The Bertz CT molecular complexity index is 1490. The van der Waals surface area contributed by atoms with Gasteiger partial charge in [0, 0.05) is 35.6 Å². The van der Waals surface area contributed by atoms with Crippen molar-refractivity contribution in [2.24, 2.45) is 0 Å². The number of rotatable bonds is 8. The largest absolute Gasteiger partial charge is 0.436 e. The maximum Gasteiger partial charge on any atom is 0.247 e. The summed E-state index contributed by atoms with van der Waals surface area (Å²) in [5, 5.41) is 12.4. The lowest BCUT2D eigenvalue weighted by Gasteiger charge is -2.26. The van der Waals surface area contributed by atoms with Crippen LogP contribution >= 0.6 is 0 Å². The summed E-state index contributed by atoms with van der Waals surface area (Å²) in [5.41, 5.74) is 2.85. The normalized spacial score (nSPS) is 24.1. The standard InChI is InChI=1S/C35H41N7O5/c43-31(28-7-3-19-41(28)34(45)26-5-1-17-36-26)39-24-13-9-22(10-14-24)30-21-38-33(47-30)23-11-15-25(16-12-23)40-32(44)29-8-4-20-42(29)35(46)27-6-2-18-37-27/h9-16,21,26-29,36-37H,1-8,17-20H2,(H,39,43)(H,40,44)/t26-,27-,28?,29?/m0/s1. The van der Waals surface area contributed by atoms with Gasteiger partial charge in [0.1, 0.15) is 12.1 Å². The third-order valence-electron chi connectivity index (χ3n) is 9.74. The predicted octanol–water partition coefficient (Wildman–Crippen LogP) is 3.37. The lowest BCUT2D eigenvalue weighted by Crippen LogP contribution is -2.49. The van der Waals surface area contributed by atoms with E-state index in [9.17, 15) is 19.2 Å². The topological polar surface area (TPSA) is 149 Å². The van der Waals surface area contributed by atoms with Gasteiger partial charge in [-0.05, 0) is 113 Å². The lowest BCUT2D eigenvalue weighted by atomic mass is 10.1. The molecule has 4 aliphatic heterocycles. The Morgan fingerprint density at radius 3 is 1.62 bits per heavy atom. The minimum absolute atomic E-state index is 0.0235. The van der Waals surface area contributed by atoms with Crippen LogP contribution in [0.1, 0.15) is 51.4 Å². The number of likely N-dealkylation sites (tertiary alicyclic amines) is 2. The van der Waals surface area contributed by atoms with E-state index < -0.39 is 12.1 Å². The molecule has 0 spiro atoms. The summed E-state index contributed by atoms with van der Waals surface area (Å²) in [7, 11) is 0. The van der Waals surface area contributed by atoms with Crippen LogP contribution in [0.25, 0.3) is 22.8 Å². The number of aromatic nitrogens is 1. The van der Waals surface area contributed by atoms with Crippen molar-refractivity contribution >= 4 is 35.0 Å². The molecular weight excluding hydrogens is 598 g/mol. The minimum Gasteiger partial charge on any atom is -0.436 e. The van der Waals surface area contributed by atoms with E-state index in [4.69, 9.17) is 4.42 Å². The summed E-state index contributed by atoms with van der Waals surface area (Å²) in [5.74, 6) is 0.727. The molecule has 2 aromatic carbocycles. The van der Waals surface area contributed by atoms with Crippen molar-refractivity contribution in [3.05, 3.63) is 54.7 Å². The minimum atomic E-state index is -0.459. The van der Waals surface area contributed by atoms with Gasteiger partial charge in [0.15, 0.2) is 5.76 Å². The molecule has 4 amide bonds. The molecular formula is C35H41N7O5. The fourth-order valence-corrected chi connectivity index (χ4v) is 7.20. The summed E-state index contributed by atoms with van der Waals surface area (Å²) in [6.07, 6.45) is 8.22. The number of carbonyl (C=O) groups excluding carboxylic acids is 4. The average Bonchev–Trinajstić information content (AvgIpc) is 3.93. The quantitative estimate of drug-likeness (QED) is 0.293. The molecule has 3 aromatic rings. The maximum absolute atomic E-state index is 13.1. The van der Waals surface area contributed by atoms with E-state index in [0.29, 0.717) is 49.0 Å². The highest BCUT2D eigenvalue weighted by Crippen LogP contribution is 2.29. The van der Waals surface area contributed by atoms with Crippen LogP contribution in [-0.4, -0.2) is 88.8 Å². The first-order chi connectivity index (χ1) is 22.9. The molecule has 0 bridgehead atoms. The smallest absolute Gasteiger partial charge is 0.247 e. The summed E-state index contributed by atoms with van der Waals surface area (Å²) in [6.45, 7) is 2.90. The molecule has 12 heteroatoms. The van der Waals surface area contributed by atoms with E-state index in [-0.39, 0.29) is 35.7 Å². The van der Waals surface area contributed by atoms with Crippen LogP contribution in [0.2, 0.25) is 0 Å². The van der Waals surface area contributed by atoms with Gasteiger partial charge in [-0.3, -0.25) is 19.2 Å². The zero-order chi connectivity index (χ0) is 32.3. The molecule has 246 valence electrons. The fourth-order valence-electron chi connectivity index (χ4n) is 7.20. The number of benzene rings is 2. The van der Waals surface area contributed by atoms with Crippen molar-refractivity contribution in [1.29, 1.82) is 0 Å². The molecule has 4 fully saturated rings. The van der Waals surface area contributed by atoms with Crippen LogP contribution in [0.4, 0.5) is 11.4 Å². The molecule has 47 heavy (non-hydrogen) atoms. The van der Waals surface area contributed by atoms with Crippen molar-refractivity contribution in [3.8, 4) is 22.8 Å². The summed E-state index contributed by atoms with van der Waals surface area (Å²) in [4.78, 5) is 60.0. The van der Waals surface area contributed by atoms with Crippen LogP contribution in [0.3, 0.4) is 0 Å². The van der Waals surface area contributed by atoms with Crippen LogP contribution < -0.4 is 21.3 Å². The zero-order valence-electron chi connectivity index (χ0n) is 26.4. The highest BCUT2D eigenvalue weighted by Gasteiger charge is 2.39. The van der Waals surface area contributed by atoms with Gasteiger partial charge in [-0.1, -0.05) is 0 Å². The van der Waals surface area contributed by atoms with Crippen molar-refractivity contribution < 1.29 is 23.6 Å². The first-order valence-electron chi connectivity index (χ1n) is 16.8. The molecule has 4 aliphatic rings.